The first-order valence-electron chi connectivity index (χ1n) is 7.67. The number of allylic oxidation sites excluding steroid dienone is 1. The van der Waals surface area contributed by atoms with Crippen molar-refractivity contribution in [1.82, 2.24) is 9.55 Å². The Hall–Kier alpha value is -2.32. The zero-order valence-corrected chi connectivity index (χ0v) is 15.4. The number of hydrogen-bond acceptors (Lipinski definition) is 5. The van der Waals surface area contributed by atoms with Crippen LogP contribution in [0.1, 0.15) is 17.3 Å². The number of fused-ring (bicyclic) bond motifs is 1. The minimum atomic E-state index is -1.07. The summed E-state index contributed by atoms with van der Waals surface area (Å²) >= 11 is 2.44. The number of thiophene rings is 1. The van der Waals surface area contributed by atoms with Crippen molar-refractivity contribution in [2.45, 2.75) is 23.9 Å². The van der Waals surface area contributed by atoms with Crippen LogP contribution < -0.4 is 5.56 Å². The van der Waals surface area contributed by atoms with Gasteiger partial charge in [-0.25, -0.2) is 13.8 Å². The predicted molar refractivity (Wildman–Crippen MR) is 100 cm³/mol. The van der Waals surface area contributed by atoms with Gasteiger partial charge in [-0.3, -0.25) is 14.2 Å². The van der Waals surface area contributed by atoms with Crippen LogP contribution in [-0.2, 0) is 6.54 Å². The Morgan fingerprint density at radius 1 is 1.38 bits per heavy atom. The van der Waals surface area contributed by atoms with E-state index in [2.05, 4.69) is 11.6 Å². The van der Waals surface area contributed by atoms with Gasteiger partial charge >= 0.3 is 0 Å². The van der Waals surface area contributed by atoms with E-state index in [0.29, 0.717) is 15.4 Å². The van der Waals surface area contributed by atoms with Gasteiger partial charge in [-0.1, -0.05) is 17.8 Å². The summed E-state index contributed by atoms with van der Waals surface area (Å²) in [6.45, 7) is 5.54. The minimum absolute atomic E-state index is 0.0683. The maximum absolute atomic E-state index is 13.4. The molecule has 2 heterocycles. The van der Waals surface area contributed by atoms with E-state index in [0.717, 1.165) is 23.9 Å². The third kappa shape index (κ3) is 3.47. The molecule has 0 radical (unpaired) electrons. The van der Waals surface area contributed by atoms with Gasteiger partial charge in [-0.15, -0.1) is 17.9 Å². The third-order valence-electron chi connectivity index (χ3n) is 3.72. The van der Waals surface area contributed by atoms with Crippen LogP contribution in [0.2, 0.25) is 0 Å². The Morgan fingerprint density at radius 2 is 2.15 bits per heavy atom. The number of ketones is 1. The lowest BCUT2D eigenvalue weighted by Crippen LogP contribution is -2.24. The smallest absolute Gasteiger partial charge is 0.263 e. The highest BCUT2D eigenvalue weighted by atomic mass is 32.2. The Kier molecular flexibility index (Phi) is 5.33. The predicted octanol–water partition coefficient (Wildman–Crippen LogP) is 4.29. The summed E-state index contributed by atoms with van der Waals surface area (Å²) in [6.07, 6.45) is 1.58. The number of carbonyl (C=O) groups is 1. The van der Waals surface area contributed by atoms with Crippen molar-refractivity contribution in [3.8, 4) is 0 Å². The van der Waals surface area contributed by atoms with Crippen molar-refractivity contribution >= 4 is 39.1 Å². The average molecular weight is 392 g/mol. The molecule has 0 amide bonds. The molecule has 134 valence electrons. The monoisotopic (exact) mass is 392 g/mol. The van der Waals surface area contributed by atoms with Gasteiger partial charge < -0.3 is 0 Å². The van der Waals surface area contributed by atoms with E-state index in [-0.39, 0.29) is 23.5 Å². The van der Waals surface area contributed by atoms with Crippen LogP contribution in [0.15, 0.2) is 52.3 Å². The second kappa shape index (κ2) is 7.51. The van der Waals surface area contributed by atoms with Gasteiger partial charge in [-0.05, 0) is 36.6 Å². The standard InChI is InChI=1S/C18H14F2N2O2S2/c1-3-7-22-17(24)12-6-8-25-16(12)21-18(22)26-10(2)15(23)11-4-5-13(19)14(20)9-11/h3-6,8-10H,1,7H2,2H3/t10-/m1/s1. The molecule has 0 fully saturated rings. The third-order valence-corrected chi connectivity index (χ3v) is 5.61. The Labute approximate surface area is 156 Å². The number of aromatic nitrogens is 2. The van der Waals surface area contributed by atoms with Gasteiger partial charge in [0.25, 0.3) is 5.56 Å². The van der Waals surface area contributed by atoms with Crippen LogP contribution >= 0.6 is 23.1 Å². The summed E-state index contributed by atoms with van der Waals surface area (Å²) in [4.78, 5) is 30.2. The molecule has 2 aromatic heterocycles. The number of carbonyl (C=O) groups excluding carboxylic acids is 1. The maximum Gasteiger partial charge on any atom is 0.263 e. The summed E-state index contributed by atoms with van der Waals surface area (Å²) in [7, 11) is 0. The molecule has 0 N–H and O–H groups in total. The first-order chi connectivity index (χ1) is 12.4. The molecule has 0 unspecified atom stereocenters. The molecule has 0 saturated carbocycles. The molecular formula is C18H14F2N2O2S2. The van der Waals surface area contributed by atoms with E-state index < -0.39 is 16.9 Å². The number of benzene rings is 1. The summed E-state index contributed by atoms with van der Waals surface area (Å²) in [5.74, 6) is -2.46. The zero-order chi connectivity index (χ0) is 18.8. The highest BCUT2D eigenvalue weighted by Gasteiger charge is 2.21. The van der Waals surface area contributed by atoms with E-state index in [1.807, 2.05) is 0 Å². The van der Waals surface area contributed by atoms with Gasteiger partial charge in [0.2, 0.25) is 0 Å². The molecule has 1 atom stereocenters. The lowest BCUT2D eigenvalue weighted by molar-refractivity contribution is 0.0993. The van der Waals surface area contributed by atoms with Crippen LogP contribution in [0.4, 0.5) is 8.78 Å². The molecule has 0 saturated heterocycles. The molecule has 0 aliphatic heterocycles. The fraction of sp³-hybridized carbons (Fsp3) is 0.167. The fourth-order valence-corrected chi connectivity index (χ4v) is 4.21. The largest absolute Gasteiger partial charge is 0.293 e. The normalized spacial score (nSPS) is 12.3. The quantitative estimate of drug-likeness (QED) is 0.272. The van der Waals surface area contributed by atoms with Crippen molar-refractivity contribution in [2.75, 3.05) is 0 Å². The summed E-state index contributed by atoms with van der Waals surface area (Å²) in [5, 5.41) is 2.04. The number of hydrogen-bond donors (Lipinski definition) is 0. The molecule has 3 aromatic rings. The molecule has 3 rings (SSSR count). The Bertz CT molecular complexity index is 1060. The molecule has 0 bridgehead atoms. The van der Waals surface area contributed by atoms with Gasteiger partial charge in [0.1, 0.15) is 4.83 Å². The van der Waals surface area contributed by atoms with Crippen LogP contribution in [0.3, 0.4) is 0 Å². The number of halogens is 2. The van der Waals surface area contributed by atoms with Crippen molar-refractivity contribution < 1.29 is 13.6 Å². The van der Waals surface area contributed by atoms with Gasteiger partial charge in [-0.2, -0.15) is 0 Å². The summed E-state index contributed by atoms with van der Waals surface area (Å²) < 4.78 is 27.9. The molecular weight excluding hydrogens is 378 g/mol. The number of thioether (sulfide) groups is 1. The Morgan fingerprint density at radius 3 is 2.85 bits per heavy atom. The van der Waals surface area contributed by atoms with E-state index in [1.165, 1.54) is 22.0 Å². The van der Waals surface area contributed by atoms with E-state index in [1.54, 1.807) is 24.4 Å². The van der Waals surface area contributed by atoms with Crippen molar-refractivity contribution in [3.63, 3.8) is 0 Å². The minimum Gasteiger partial charge on any atom is -0.293 e. The van der Waals surface area contributed by atoms with Crippen LogP contribution in [-0.4, -0.2) is 20.6 Å². The first-order valence-corrected chi connectivity index (χ1v) is 9.43. The van der Waals surface area contributed by atoms with Crippen LogP contribution in [0.5, 0.6) is 0 Å². The average Bonchev–Trinajstić information content (AvgIpc) is 3.08. The topological polar surface area (TPSA) is 52.0 Å². The molecule has 4 nitrogen and oxygen atoms in total. The molecule has 8 heteroatoms. The first kappa shape index (κ1) is 18.5. The molecule has 26 heavy (non-hydrogen) atoms. The highest BCUT2D eigenvalue weighted by Crippen LogP contribution is 2.26. The number of nitrogens with zero attached hydrogens (tertiary/aromatic N) is 2. The second-order valence-electron chi connectivity index (χ2n) is 5.49. The number of rotatable bonds is 6. The second-order valence-corrected chi connectivity index (χ2v) is 7.69. The fourth-order valence-electron chi connectivity index (χ4n) is 2.41. The lowest BCUT2D eigenvalue weighted by atomic mass is 10.1. The van der Waals surface area contributed by atoms with E-state index in [9.17, 15) is 18.4 Å². The summed E-state index contributed by atoms with van der Waals surface area (Å²) in [6, 6.07) is 4.74. The molecule has 0 aliphatic carbocycles. The Balaban J connectivity index is 1.95. The van der Waals surface area contributed by atoms with Crippen molar-refractivity contribution in [1.29, 1.82) is 0 Å². The van der Waals surface area contributed by atoms with Gasteiger partial charge in [0.15, 0.2) is 22.6 Å². The van der Waals surface area contributed by atoms with E-state index >= 15 is 0 Å². The summed E-state index contributed by atoms with van der Waals surface area (Å²) in [5.41, 5.74) is -0.134. The van der Waals surface area contributed by atoms with Gasteiger partial charge in [0.05, 0.1) is 10.6 Å². The van der Waals surface area contributed by atoms with Crippen LogP contribution in [0.25, 0.3) is 10.2 Å². The van der Waals surface area contributed by atoms with Gasteiger partial charge in [0, 0.05) is 12.1 Å². The maximum atomic E-state index is 13.4. The van der Waals surface area contributed by atoms with Crippen molar-refractivity contribution in [3.05, 3.63) is 69.9 Å². The van der Waals surface area contributed by atoms with Crippen LogP contribution in [0, 0.1) is 11.6 Å². The molecule has 0 spiro atoms. The SMILES string of the molecule is C=CCn1c(S[C@H](C)C(=O)c2ccc(F)c(F)c2)nc2sccc2c1=O. The zero-order valence-electron chi connectivity index (χ0n) is 13.7. The lowest BCUT2D eigenvalue weighted by Gasteiger charge is -2.14. The molecule has 0 aliphatic rings. The molecule has 1 aromatic carbocycles. The number of Topliss-reactive ketones (excluding diaryl/α,β-unsaturated/α-hetero) is 1. The van der Waals surface area contributed by atoms with E-state index in [4.69, 9.17) is 0 Å². The highest BCUT2D eigenvalue weighted by molar-refractivity contribution is 8.00. The van der Waals surface area contributed by atoms with Crippen molar-refractivity contribution in [2.24, 2.45) is 0 Å².